The summed E-state index contributed by atoms with van der Waals surface area (Å²) in [7, 11) is 0. The topological polar surface area (TPSA) is 72.5 Å². The van der Waals surface area contributed by atoms with Gasteiger partial charge in [0.15, 0.2) is 0 Å². The van der Waals surface area contributed by atoms with Crippen LogP contribution in [0.15, 0.2) is 0 Å². The maximum absolute atomic E-state index is 10.5. The van der Waals surface area contributed by atoms with Crippen LogP contribution in [-0.4, -0.2) is 30.8 Å². The summed E-state index contributed by atoms with van der Waals surface area (Å²) in [6.45, 7) is 6.01. The Kier molecular flexibility index (Phi) is 8.33. The summed E-state index contributed by atoms with van der Waals surface area (Å²) in [5.41, 5.74) is 5.41. The molecule has 0 fully saturated rings. The van der Waals surface area contributed by atoms with E-state index < -0.39 is 5.97 Å². The summed E-state index contributed by atoms with van der Waals surface area (Å²) >= 11 is 0. The normalized spacial score (nSPS) is 13.1. The van der Waals surface area contributed by atoms with Gasteiger partial charge >= 0.3 is 5.97 Å². The minimum absolute atomic E-state index is 0.0552. The second-order valence-corrected chi connectivity index (χ2v) is 4.30. The molecule has 0 saturated heterocycles. The van der Waals surface area contributed by atoms with Crippen molar-refractivity contribution in [1.82, 2.24) is 0 Å². The number of rotatable bonds is 9. The fourth-order valence-corrected chi connectivity index (χ4v) is 1.30. The van der Waals surface area contributed by atoms with E-state index in [4.69, 9.17) is 15.6 Å². The Hall–Kier alpha value is -0.610. The first-order chi connectivity index (χ1) is 7.06. The molecule has 3 N–H and O–H groups in total. The number of ether oxygens (including phenoxy) is 1. The maximum Gasteiger partial charge on any atom is 0.303 e. The van der Waals surface area contributed by atoms with Gasteiger partial charge in [0.1, 0.15) is 0 Å². The van der Waals surface area contributed by atoms with Crippen molar-refractivity contribution in [2.45, 2.75) is 33.1 Å². The minimum Gasteiger partial charge on any atom is -0.481 e. The molecule has 1 atom stereocenters. The quantitative estimate of drug-likeness (QED) is 0.574. The molecule has 0 spiro atoms. The predicted octanol–water partition coefficient (Wildman–Crippen LogP) is 1.49. The van der Waals surface area contributed by atoms with Gasteiger partial charge < -0.3 is 15.6 Å². The highest BCUT2D eigenvalue weighted by Gasteiger charge is 2.12. The third-order valence-corrected chi connectivity index (χ3v) is 2.23. The Labute approximate surface area is 91.8 Å². The van der Waals surface area contributed by atoms with Crippen LogP contribution < -0.4 is 5.73 Å². The number of carboxylic acids is 1. The van der Waals surface area contributed by atoms with Gasteiger partial charge in [0.2, 0.25) is 0 Å². The van der Waals surface area contributed by atoms with E-state index in [1.165, 1.54) is 0 Å². The molecule has 0 heterocycles. The van der Waals surface area contributed by atoms with Crippen molar-refractivity contribution in [2.75, 3.05) is 19.8 Å². The number of carboxylic acid groups (broad SMARTS) is 1. The molecular formula is C11H23NO3. The van der Waals surface area contributed by atoms with E-state index in [1.54, 1.807) is 0 Å². The Morgan fingerprint density at radius 3 is 2.53 bits per heavy atom. The third kappa shape index (κ3) is 9.69. The van der Waals surface area contributed by atoms with Gasteiger partial charge in [0, 0.05) is 13.2 Å². The minimum atomic E-state index is -0.777. The highest BCUT2D eigenvalue weighted by atomic mass is 16.5. The average Bonchev–Trinajstić information content (AvgIpc) is 2.11. The molecule has 0 saturated carbocycles. The number of nitrogens with two attached hydrogens (primary N) is 1. The molecule has 0 aromatic rings. The van der Waals surface area contributed by atoms with E-state index in [-0.39, 0.29) is 12.3 Å². The number of carbonyl (C=O) groups is 1. The molecule has 0 amide bonds. The fraction of sp³-hybridized carbons (Fsp3) is 0.909. The summed E-state index contributed by atoms with van der Waals surface area (Å²) in [4.78, 5) is 10.5. The zero-order chi connectivity index (χ0) is 11.7. The third-order valence-electron chi connectivity index (χ3n) is 2.23. The summed E-state index contributed by atoms with van der Waals surface area (Å²) in [6, 6.07) is 0. The lowest BCUT2D eigenvalue weighted by atomic mass is 10.0. The Balaban J connectivity index is 3.61. The van der Waals surface area contributed by atoms with Crippen LogP contribution in [0.1, 0.15) is 33.1 Å². The van der Waals surface area contributed by atoms with Gasteiger partial charge in [-0.05, 0) is 31.2 Å². The van der Waals surface area contributed by atoms with Crippen LogP contribution in [0.3, 0.4) is 0 Å². The Bertz CT molecular complexity index is 171. The van der Waals surface area contributed by atoms with Gasteiger partial charge in [-0.15, -0.1) is 0 Å². The molecule has 15 heavy (non-hydrogen) atoms. The van der Waals surface area contributed by atoms with E-state index in [0.717, 1.165) is 6.42 Å². The van der Waals surface area contributed by atoms with Gasteiger partial charge in [0.05, 0.1) is 6.42 Å². The summed E-state index contributed by atoms with van der Waals surface area (Å²) in [5, 5.41) is 8.66. The van der Waals surface area contributed by atoms with Crippen LogP contribution in [0.5, 0.6) is 0 Å². The molecule has 90 valence electrons. The Morgan fingerprint density at radius 1 is 1.40 bits per heavy atom. The first kappa shape index (κ1) is 14.4. The molecule has 4 nitrogen and oxygen atoms in total. The molecule has 0 aliphatic carbocycles. The second-order valence-electron chi connectivity index (χ2n) is 4.30. The van der Waals surface area contributed by atoms with Crippen LogP contribution >= 0.6 is 0 Å². The van der Waals surface area contributed by atoms with Gasteiger partial charge in [-0.25, -0.2) is 0 Å². The molecule has 0 rings (SSSR count). The first-order valence-electron chi connectivity index (χ1n) is 5.55. The van der Waals surface area contributed by atoms with E-state index in [1.807, 2.05) is 0 Å². The number of aliphatic carboxylic acids is 1. The molecular weight excluding hydrogens is 194 g/mol. The molecule has 0 aliphatic heterocycles. The molecule has 0 bridgehead atoms. The predicted molar refractivity (Wildman–Crippen MR) is 59.7 cm³/mol. The highest BCUT2D eigenvalue weighted by molar-refractivity contribution is 5.67. The van der Waals surface area contributed by atoms with Crippen LogP contribution in [-0.2, 0) is 9.53 Å². The van der Waals surface area contributed by atoms with Crippen LogP contribution in [0.25, 0.3) is 0 Å². The molecule has 0 aliphatic rings. The van der Waals surface area contributed by atoms with Crippen LogP contribution in [0.2, 0.25) is 0 Å². The monoisotopic (exact) mass is 217 g/mol. The van der Waals surface area contributed by atoms with Gasteiger partial charge in [0.25, 0.3) is 0 Å². The highest BCUT2D eigenvalue weighted by Crippen LogP contribution is 2.09. The van der Waals surface area contributed by atoms with Crippen molar-refractivity contribution in [3.05, 3.63) is 0 Å². The molecule has 0 unspecified atom stereocenters. The Morgan fingerprint density at radius 2 is 2.07 bits per heavy atom. The zero-order valence-electron chi connectivity index (χ0n) is 9.74. The van der Waals surface area contributed by atoms with Crippen molar-refractivity contribution in [2.24, 2.45) is 17.6 Å². The number of hydrogen-bond acceptors (Lipinski definition) is 3. The lowest BCUT2D eigenvalue weighted by Crippen LogP contribution is -2.18. The number of hydrogen-bond donors (Lipinski definition) is 2. The molecule has 0 aromatic carbocycles. The van der Waals surface area contributed by atoms with Crippen LogP contribution in [0, 0.1) is 11.8 Å². The summed E-state index contributed by atoms with van der Waals surface area (Å²) < 4.78 is 5.44. The standard InChI is InChI=1S/C11H23NO3/c1-9(2)4-6-15-8-10(3-5-12)7-11(13)14/h9-10H,3-8,12H2,1-2H3,(H,13,14)/t10-/m1/s1. The van der Waals surface area contributed by atoms with E-state index in [2.05, 4.69) is 13.8 Å². The van der Waals surface area contributed by atoms with Crippen LogP contribution in [0.4, 0.5) is 0 Å². The van der Waals surface area contributed by atoms with E-state index in [0.29, 0.717) is 32.1 Å². The summed E-state index contributed by atoms with van der Waals surface area (Å²) in [5.74, 6) is -0.0991. The van der Waals surface area contributed by atoms with Crippen molar-refractivity contribution < 1.29 is 14.6 Å². The van der Waals surface area contributed by atoms with Gasteiger partial charge in [-0.2, -0.15) is 0 Å². The van der Waals surface area contributed by atoms with E-state index >= 15 is 0 Å². The lowest BCUT2D eigenvalue weighted by molar-refractivity contribution is -0.138. The molecule has 0 aromatic heterocycles. The smallest absolute Gasteiger partial charge is 0.303 e. The fourth-order valence-electron chi connectivity index (χ4n) is 1.30. The average molecular weight is 217 g/mol. The first-order valence-corrected chi connectivity index (χ1v) is 5.55. The van der Waals surface area contributed by atoms with Gasteiger partial charge in [-0.3, -0.25) is 4.79 Å². The SMILES string of the molecule is CC(C)CCOC[C@H](CCN)CC(=O)O. The zero-order valence-corrected chi connectivity index (χ0v) is 9.74. The van der Waals surface area contributed by atoms with Crippen molar-refractivity contribution in [1.29, 1.82) is 0 Å². The molecule has 4 heteroatoms. The summed E-state index contributed by atoms with van der Waals surface area (Å²) in [6.07, 6.45) is 1.88. The van der Waals surface area contributed by atoms with E-state index in [9.17, 15) is 4.79 Å². The lowest BCUT2D eigenvalue weighted by Gasteiger charge is -2.14. The van der Waals surface area contributed by atoms with Gasteiger partial charge in [-0.1, -0.05) is 13.8 Å². The second kappa shape index (κ2) is 8.68. The maximum atomic E-state index is 10.5. The van der Waals surface area contributed by atoms with Crippen molar-refractivity contribution >= 4 is 5.97 Å². The largest absolute Gasteiger partial charge is 0.481 e. The van der Waals surface area contributed by atoms with Crippen molar-refractivity contribution in [3.63, 3.8) is 0 Å². The van der Waals surface area contributed by atoms with Crippen molar-refractivity contribution in [3.8, 4) is 0 Å². The molecule has 0 radical (unpaired) electrons.